The van der Waals surface area contributed by atoms with Gasteiger partial charge in [0.15, 0.2) is 0 Å². The van der Waals surface area contributed by atoms with Gasteiger partial charge in [-0.25, -0.2) is 4.98 Å². The standard InChI is InChI=1S/C14H14N2O4S/c1-8(6-12(17)18)14-13(15-9(2)21-14)10-4-3-5-11(7-10)16(19)20/h3-5,7-8H,6H2,1-2H3,(H,17,18). The van der Waals surface area contributed by atoms with Gasteiger partial charge in [-0.3, -0.25) is 14.9 Å². The van der Waals surface area contributed by atoms with Crippen LogP contribution in [0.1, 0.15) is 29.1 Å². The van der Waals surface area contributed by atoms with Crippen LogP contribution >= 0.6 is 11.3 Å². The molecule has 1 N–H and O–H groups in total. The molecule has 110 valence electrons. The number of nitro benzene ring substituents is 1. The van der Waals surface area contributed by atoms with E-state index in [0.717, 1.165) is 9.88 Å². The third kappa shape index (κ3) is 3.43. The summed E-state index contributed by atoms with van der Waals surface area (Å²) >= 11 is 1.43. The molecule has 2 rings (SSSR count). The molecule has 0 aliphatic carbocycles. The normalized spacial score (nSPS) is 12.1. The number of thiazole rings is 1. The predicted molar refractivity (Wildman–Crippen MR) is 79.6 cm³/mol. The second-order valence-corrected chi connectivity index (χ2v) is 5.99. The van der Waals surface area contributed by atoms with Crippen LogP contribution in [-0.2, 0) is 4.79 Å². The van der Waals surface area contributed by atoms with Gasteiger partial charge in [-0.15, -0.1) is 11.3 Å². The number of nitro groups is 1. The Hall–Kier alpha value is -2.28. The van der Waals surface area contributed by atoms with Crippen molar-refractivity contribution < 1.29 is 14.8 Å². The minimum atomic E-state index is -0.876. The van der Waals surface area contributed by atoms with Crippen molar-refractivity contribution in [3.05, 3.63) is 44.3 Å². The number of rotatable bonds is 5. The molecule has 21 heavy (non-hydrogen) atoms. The lowest BCUT2D eigenvalue weighted by molar-refractivity contribution is -0.384. The first kappa shape index (κ1) is 15.1. The van der Waals surface area contributed by atoms with Crippen molar-refractivity contribution >= 4 is 23.0 Å². The molecule has 0 aliphatic rings. The van der Waals surface area contributed by atoms with E-state index >= 15 is 0 Å². The summed E-state index contributed by atoms with van der Waals surface area (Å²) in [7, 11) is 0. The summed E-state index contributed by atoms with van der Waals surface area (Å²) in [6.45, 7) is 3.66. The number of benzene rings is 1. The summed E-state index contributed by atoms with van der Waals surface area (Å²) < 4.78 is 0. The number of carboxylic acids is 1. The van der Waals surface area contributed by atoms with Crippen molar-refractivity contribution in [3.63, 3.8) is 0 Å². The fourth-order valence-corrected chi connectivity index (χ4v) is 3.10. The van der Waals surface area contributed by atoms with Gasteiger partial charge in [-0.05, 0) is 6.92 Å². The molecule has 0 saturated carbocycles. The number of nitrogens with zero attached hydrogens (tertiary/aromatic N) is 2. The molecule has 1 aromatic carbocycles. The molecule has 0 amide bonds. The average Bonchev–Trinajstić information content (AvgIpc) is 2.80. The fraction of sp³-hybridized carbons (Fsp3) is 0.286. The van der Waals surface area contributed by atoms with E-state index in [1.54, 1.807) is 12.1 Å². The van der Waals surface area contributed by atoms with Gasteiger partial charge in [0.25, 0.3) is 5.69 Å². The summed E-state index contributed by atoms with van der Waals surface area (Å²) in [5.74, 6) is -1.07. The van der Waals surface area contributed by atoms with Crippen molar-refractivity contribution in [1.82, 2.24) is 4.98 Å². The highest BCUT2D eigenvalue weighted by Gasteiger charge is 2.20. The predicted octanol–water partition coefficient (Wildman–Crippen LogP) is 3.60. The summed E-state index contributed by atoms with van der Waals surface area (Å²) in [4.78, 5) is 26.5. The third-order valence-corrected chi connectivity index (χ3v) is 4.22. The van der Waals surface area contributed by atoms with Crippen LogP contribution < -0.4 is 0 Å². The Kier molecular flexibility index (Phi) is 4.32. The Labute approximate surface area is 125 Å². The Bertz CT molecular complexity index is 696. The quantitative estimate of drug-likeness (QED) is 0.672. The van der Waals surface area contributed by atoms with Crippen LogP contribution in [0.2, 0.25) is 0 Å². The molecule has 0 radical (unpaired) electrons. The molecule has 7 heteroatoms. The van der Waals surface area contributed by atoms with Gasteiger partial charge < -0.3 is 5.11 Å². The highest BCUT2D eigenvalue weighted by atomic mass is 32.1. The number of hydrogen-bond acceptors (Lipinski definition) is 5. The van der Waals surface area contributed by atoms with E-state index in [-0.39, 0.29) is 18.0 Å². The largest absolute Gasteiger partial charge is 0.481 e. The number of aryl methyl sites for hydroxylation is 1. The van der Waals surface area contributed by atoms with E-state index in [1.807, 2.05) is 13.8 Å². The summed E-state index contributed by atoms with van der Waals surface area (Å²) in [5, 5.41) is 20.6. The third-order valence-electron chi connectivity index (χ3n) is 3.02. The van der Waals surface area contributed by atoms with Gasteiger partial charge in [-0.2, -0.15) is 0 Å². The second kappa shape index (κ2) is 6.01. The summed E-state index contributed by atoms with van der Waals surface area (Å²) in [5.41, 5.74) is 1.27. The van der Waals surface area contributed by atoms with Crippen LogP contribution in [-0.4, -0.2) is 21.0 Å². The Morgan fingerprint density at radius 2 is 2.24 bits per heavy atom. The van der Waals surface area contributed by atoms with Crippen LogP contribution in [0.5, 0.6) is 0 Å². The van der Waals surface area contributed by atoms with E-state index in [1.165, 1.54) is 23.5 Å². The highest BCUT2D eigenvalue weighted by molar-refractivity contribution is 7.12. The molecule has 0 saturated heterocycles. The van der Waals surface area contributed by atoms with E-state index in [9.17, 15) is 14.9 Å². The van der Waals surface area contributed by atoms with E-state index < -0.39 is 10.9 Å². The molecule has 6 nitrogen and oxygen atoms in total. The number of hydrogen-bond donors (Lipinski definition) is 1. The van der Waals surface area contributed by atoms with Crippen molar-refractivity contribution in [2.75, 3.05) is 0 Å². The first-order valence-electron chi connectivity index (χ1n) is 6.32. The first-order chi connectivity index (χ1) is 9.88. The van der Waals surface area contributed by atoms with Gasteiger partial charge in [0.1, 0.15) is 0 Å². The molecule has 0 bridgehead atoms. The van der Waals surface area contributed by atoms with Gasteiger partial charge in [-0.1, -0.05) is 19.1 Å². The van der Waals surface area contributed by atoms with Gasteiger partial charge in [0.05, 0.1) is 22.0 Å². The molecule has 0 aliphatic heterocycles. The summed E-state index contributed by atoms with van der Waals surface area (Å²) in [6.07, 6.45) is 0.00353. The van der Waals surface area contributed by atoms with Crippen molar-refractivity contribution in [2.45, 2.75) is 26.2 Å². The maximum Gasteiger partial charge on any atom is 0.303 e. The smallest absolute Gasteiger partial charge is 0.303 e. The first-order valence-corrected chi connectivity index (χ1v) is 7.14. The number of carboxylic acid groups (broad SMARTS) is 1. The minimum Gasteiger partial charge on any atom is -0.481 e. The molecular formula is C14H14N2O4S. The lowest BCUT2D eigenvalue weighted by Crippen LogP contribution is -2.02. The van der Waals surface area contributed by atoms with Gasteiger partial charge in [0, 0.05) is 28.5 Å². The Morgan fingerprint density at radius 3 is 2.86 bits per heavy atom. The number of non-ortho nitro benzene ring substituents is 1. The number of carbonyl (C=O) groups is 1. The van der Waals surface area contributed by atoms with E-state index in [2.05, 4.69) is 4.98 Å². The van der Waals surface area contributed by atoms with Gasteiger partial charge >= 0.3 is 5.97 Å². The molecular weight excluding hydrogens is 292 g/mol. The van der Waals surface area contributed by atoms with Crippen molar-refractivity contribution in [1.29, 1.82) is 0 Å². The molecule has 1 aromatic heterocycles. The van der Waals surface area contributed by atoms with Crippen molar-refractivity contribution in [3.8, 4) is 11.3 Å². The SMILES string of the molecule is Cc1nc(-c2cccc([N+](=O)[O-])c2)c(C(C)CC(=O)O)s1. The van der Waals surface area contributed by atoms with Crippen molar-refractivity contribution in [2.24, 2.45) is 0 Å². The van der Waals surface area contributed by atoms with Crippen LogP contribution in [0.15, 0.2) is 24.3 Å². The molecule has 2 aromatic rings. The average molecular weight is 306 g/mol. The van der Waals surface area contributed by atoms with E-state index in [0.29, 0.717) is 11.3 Å². The molecule has 1 heterocycles. The minimum absolute atomic E-state index is 0.00353. The van der Waals surface area contributed by atoms with Gasteiger partial charge in [0.2, 0.25) is 0 Å². The van der Waals surface area contributed by atoms with Crippen LogP contribution in [0.4, 0.5) is 5.69 Å². The van der Waals surface area contributed by atoms with Crippen LogP contribution in [0.3, 0.4) is 0 Å². The molecule has 0 fully saturated rings. The number of aromatic nitrogens is 1. The molecule has 1 atom stereocenters. The monoisotopic (exact) mass is 306 g/mol. The van der Waals surface area contributed by atoms with E-state index in [4.69, 9.17) is 5.11 Å². The molecule has 1 unspecified atom stereocenters. The highest BCUT2D eigenvalue weighted by Crippen LogP contribution is 2.36. The maximum atomic E-state index is 10.9. The van der Waals surface area contributed by atoms with Crippen LogP contribution in [0, 0.1) is 17.0 Å². The lowest BCUT2D eigenvalue weighted by Gasteiger charge is -2.08. The zero-order chi connectivity index (χ0) is 15.6. The second-order valence-electron chi connectivity index (χ2n) is 4.75. The lowest BCUT2D eigenvalue weighted by atomic mass is 10.0. The fourth-order valence-electron chi connectivity index (χ4n) is 2.11. The maximum absolute atomic E-state index is 10.9. The molecule has 0 spiro atoms. The zero-order valence-electron chi connectivity index (χ0n) is 11.6. The van der Waals surface area contributed by atoms with Crippen LogP contribution in [0.25, 0.3) is 11.3 Å². The zero-order valence-corrected chi connectivity index (χ0v) is 12.4. The topological polar surface area (TPSA) is 93.3 Å². The summed E-state index contributed by atoms with van der Waals surface area (Å²) in [6, 6.07) is 6.24. The Morgan fingerprint density at radius 1 is 1.52 bits per heavy atom. The number of aliphatic carboxylic acids is 1. The Balaban J connectivity index is 2.46.